The van der Waals surface area contributed by atoms with Crippen molar-refractivity contribution in [3.63, 3.8) is 0 Å². The lowest BCUT2D eigenvalue weighted by atomic mass is 10.4. The third-order valence-electron chi connectivity index (χ3n) is 1.85. The molecular formula is C7H10N2O2S. The van der Waals surface area contributed by atoms with E-state index in [1.54, 1.807) is 14.0 Å². The van der Waals surface area contributed by atoms with Crippen LogP contribution in [0.2, 0.25) is 0 Å². The molecule has 1 aromatic rings. The normalized spacial score (nSPS) is 10.3. The van der Waals surface area contributed by atoms with Gasteiger partial charge < -0.3 is 0 Å². The van der Waals surface area contributed by atoms with Crippen LogP contribution in [0.4, 0.5) is 0 Å². The van der Waals surface area contributed by atoms with E-state index in [0.29, 0.717) is 10.6 Å². The van der Waals surface area contributed by atoms with Gasteiger partial charge >= 0.3 is 5.69 Å². The first-order valence-electron chi connectivity index (χ1n) is 3.42. The van der Waals surface area contributed by atoms with Crippen molar-refractivity contribution in [3.05, 3.63) is 26.4 Å². The van der Waals surface area contributed by atoms with E-state index >= 15 is 0 Å². The number of thiol groups is 1. The summed E-state index contributed by atoms with van der Waals surface area (Å²) in [7, 11) is 3.03. The second-order valence-corrected chi connectivity index (χ2v) is 3.08. The first kappa shape index (κ1) is 9.12. The van der Waals surface area contributed by atoms with Crippen molar-refractivity contribution in [2.24, 2.45) is 14.1 Å². The summed E-state index contributed by atoms with van der Waals surface area (Å²) in [6, 6.07) is 0. The monoisotopic (exact) mass is 186 g/mol. The van der Waals surface area contributed by atoms with Crippen LogP contribution in [-0.2, 0) is 14.1 Å². The molecule has 0 N–H and O–H groups in total. The van der Waals surface area contributed by atoms with Crippen LogP contribution < -0.4 is 11.2 Å². The first-order valence-corrected chi connectivity index (χ1v) is 3.87. The highest BCUT2D eigenvalue weighted by atomic mass is 32.1. The number of hydrogen-bond acceptors (Lipinski definition) is 3. The summed E-state index contributed by atoms with van der Waals surface area (Å²) in [4.78, 5) is 22.5. The van der Waals surface area contributed by atoms with Crippen molar-refractivity contribution in [1.29, 1.82) is 0 Å². The lowest BCUT2D eigenvalue weighted by Gasteiger charge is -2.06. The van der Waals surface area contributed by atoms with Crippen LogP contribution in [0, 0.1) is 6.92 Å². The molecule has 5 heteroatoms. The van der Waals surface area contributed by atoms with E-state index < -0.39 is 0 Å². The van der Waals surface area contributed by atoms with Crippen LogP contribution in [0.15, 0.2) is 14.6 Å². The van der Waals surface area contributed by atoms with E-state index in [1.807, 2.05) is 0 Å². The molecule has 0 aromatic carbocycles. The fourth-order valence-electron chi connectivity index (χ4n) is 1.00. The van der Waals surface area contributed by atoms with Crippen LogP contribution in [0.25, 0.3) is 0 Å². The Balaban J connectivity index is 3.86. The minimum atomic E-state index is -0.351. The quantitative estimate of drug-likeness (QED) is 0.446. The van der Waals surface area contributed by atoms with Gasteiger partial charge in [0.25, 0.3) is 5.56 Å². The molecule has 0 unspecified atom stereocenters. The van der Waals surface area contributed by atoms with Gasteiger partial charge in [0.05, 0.1) is 5.03 Å². The number of aromatic nitrogens is 2. The summed E-state index contributed by atoms with van der Waals surface area (Å²) >= 11 is 4.05. The third-order valence-corrected chi connectivity index (χ3v) is 2.49. The van der Waals surface area contributed by atoms with E-state index in [1.165, 1.54) is 11.6 Å². The van der Waals surface area contributed by atoms with Crippen LogP contribution in [0.3, 0.4) is 0 Å². The Morgan fingerprint density at radius 3 is 2.17 bits per heavy atom. The van der Waals surface area contributed by atoms with Crippen molar-refractivity contribution in [2.45, 2.75) is 11.9 Å². The van der Waals surface area contributed by atoms with Gasteiger partial charge in [-0.1, -0.05) is 0 Å². The van der Waals surface area contributed by atoms with Gasteiger partial charge in [0.15, 0.2) is 0 Å². The summed E-state index contributed by atoms with van der Waals surface area (Å²) in [5, 5.41) is 0.420. The second kappa shape index (κ2) is 2.82. The average molecular weight is 186 g/mol. The minimum absolute atomic E-state index is 0.289. The molecule has 0 spiro atoms. The van der Waals surface area contributed by atoms with Crippen molar-refractivity contribution in [3.8, 4) is 0 Å². The van der Waals surface area contributed by atoms with E-state index in [2.05, 4.69) is 12.6 Å². The number of hydrogen-bond donors (Lipinski definition) is 1. The molecule has 0 aliphatic heterocycles. The fourth-order valence-corrected chi connectivity index (χ4v) is 1.18. The van der Waals surface area contributed by atoms with Crippen LogP contribution in [-0.4, -0.2) is 9.13 Å². The predicted molar refractivity (Wildman–Crippen MR) is 48.9 cm³/mol. The van der Waals surface area contributed by atoms with Gasteiger partial charge in [-0.15, -0.1) is 12.6 Å². The number of nitrogens with zero attached hydrogens (tertiary/aromatic N) is 2. The molecule has 0 amide bonds. The zero-order valence-electron chi connectivity index (χ0n) is 7.16. The van der Waals surface area contributed by atoms with Gasteiger partial charge in [-0.3, -0.25) is 13.9 Å². The minimum Gasteiger partial charge on any atom is -0.291 e. The van der Waals surface area contributed by atoms with Crippen LogP contribution in [0.1, 0.15) is 5.56 Å². The molecular weight excluding hydrogens is 176 g/mol. The molecule has 4 nitrogen and oxygen atoms in total. The zero-order chi connectivity index (χ0) is 9.46. The second-order valence-electron chi connectivity index (χ2n) is 2.65. The van der Waals surface area contributed by atoms with Crippen LogP contribution in [0.5, 0.6) is 0 Å². The lowest BCUT2D eigenvalue weighted by molar-refractivity contribution is 0.626. The molecule has 66 valence electrons. The lowest BCUT2D eigenvalue weighted by Crippen LogP contribution is -2.38. The van der Waals surface area contributed by atoms with Gasteiger partial charge in [0.2, 0.25) is 0 Å². The largest absolute Gasteiger partial charge is 0.331 e. The molecule has 0 atom stereocenters. The van der Waals surface area contributed by atoms with E-state index in [-0.39, 0.29) is 11.2 Å². The smallest absolute Gasteiger partial charge is 0.291 e. The maximum Gasteiger partial charge on any atom is 0.331 e. The van der Waals surface area contributed by atoms with E-state index in [9.17, 15) is 9.59 Å². The maximum atomic E-state index is 11.3. The van der Waals surface area contributed by atoms with Gasteiger partial charge in [-0.2, -0.15) is 0 Å². The Kier molecular flexibility index (Phi) is 2.14. The summed E-state index contributed by atoms with van der Waals surface area (Å²) in [5.41, 5.74) is -0.151. The van der Waals surface area contributed by atoms with Gasteiger partial charge in [-0.05, 0) is 6.92 Å². The molecule has 1 rings (SSSR count). The van der Waals surface area contributed by atoms with Crippen molar-refractivity contribution in [1.82, 2.24) is 9.13 Å². The highest BCUT2D eigenvalue weighted by Crippen LogP contribution is 2.02. The molecule has 0 bridgehead atoms. The standard InChI is InChI=1S/C7H10N2O2S/c1-4-5(10)8(2)7(11)9(3)6(4)12/h12H,1-3H3. The summed E-state index contributed by atoms with van der Waals surface area (Å²) in [6.45, 7) is 1.64. The van der Waals surface area contributed by atoms with Gasteiger partial charge in [0, 0.05) is 19.7 Å². The van der Waals surface area contributed by atoms with Gasteiger partial charge in [-0.25, -0.2) is 4.79 Å². The SMILES string of the molecule is Cc1c(S)n(C)c(=O)n(C)c1=O. The average Bonchev–Trinajstić information content (AvgIpc) is 2.08. The van der Waals surface area contributed by atoms with Gasteiger partial charge in [0.1, 0.15) is 0 Å². The van der Waals surface area contributed by atoms with Crippen molar-refractivity contribution in [2.75, 3.05) is 0 Å². The molecule has 0 aliphatic rings. The summed E-state index contributed by atoms with van der Waals surface area (Å²) in [5.74, 6) is 0. The van der Waals surface area contributed by atoms with E-state index in [4.69, 9.17) is 0 Å². The maximum absolute atomic E-state index is 11.3. The highest BCUT2D eigenvalue weighted by molar-refractivity contribution is 7.80. The predicted octanol–water partition coefficient (Wildman–Crippen LogP) is -0.319. The molecule has 12 heavy (non-hydrogen) atoms. The molecule has 1 heterocycles. The van der Waals surface area contributed by atoms with E-state index in [0.717, 1.165) is 4.57 Å². The van der Waals surface area contributed by atoms with Crippen LogP contribution >= 0.6 is 12.6 Å². The van der Waals surface area contributed by atoms with Crippen molar-refractivity contribution >= 4 is 12.6 Å². The Labute approximate surface area is 74.9 Å². The Bertz CT molecular complexity index is 393. The Hall–Kier alpha value is -0.970. The summed E-state index contributed by atoms with van der Waals surface area (Å²) < 4.78 is 2.40. The summed E-state index contributed by atoms with van der Waals surface area (Å²) in [6.07, 6.45) is 0. The number of rotatable bonds is 0. The topological polar surface area (TPSA) is 44.0 Å². The molecule has 0 saturated heterocycles. The molecule has 0 saturated carbocycles. The molecule has 0 aliphatic carbocycles. The third kappa shape index (κ3) is 1.10. The Morgan fingerprint density at radius 1 is 1.17 bits per heavy atom. The zero-order valence-corrected chi connectivity index (χ0v) is 8.05. The highest BCUT2D eigenvalue weighted by Gasteiger charge is 2.07. The Morgan fingerprint density at radius 2 is 1.67 bits per heavy atom. The molecule has 0 radical (unpaired) electrons. The van der Waals surface area contributed by atoms with Crippen molar-refractivity contribution < 1.29 is 0 Å². The molecule has 0 fully saturated rings. The fraction of sp³-hybridized carbons (Fsp3) is 0.429. The molecule has 1 aromatic heterocycles. The first-order chi connectivity index (χ1) is 5.46.